The van der Waals surface area contributed by atoms with Gasteiger partial charge >= 0.3 is 5.97 Å². The number of rotatable bonds is 7. The number of fused-ring (bicyclic) bond motifs is 1. The fourth-order valence-corrected chi connectivity index (χ4v) is 5.48. The van der Waals surface area contributed by atoms with E-state index >= 15 is 0 Å². The minimum Gasteiger partial charge on any atom is -0.497 e. The van der Waals surface area contributed by atoms with Gasteiger partial charge in [0.05, 0.1) is 12.7 Å². The average molecular weight is 508 g/mol. The van der Waals surface area contributed by atoms with E-state index in [1.807, 2.05) is 63.2 Å². The number of nitrogens with one attached hydrogen (secondary N) is 1. The molecule has 7 nitrogen and oxygen atoms in total. The minimum atomic E-state index is -0.615. The van der Waals surface area contributed by atoms with Gasteiger partial charge in [0.2, 0.25) is 0 Å². The Bertz CT molecular complexity index is 1220. The summed E-state index contributed by atoms with van der Waals surface area (Å²) in [6, 6.07) is 17.1. The number of nitrogen functional groups attached to an aromatic ring is 1. The summed E-state index contributed by atoms with van der Waals surface area (Å²) in [5, 5.41) is 3.56. The number of anilines is 1. The number of esters is 1. The normalized spacial score (nSPS) is 15.7. The van der Waals surface area contributed by atoms with E-state index in [0.717, 1.165) is 21.8 Å². The van der Waals surface area contributed by atoms with Crippen LogP contribution < -0.4 is 15.8 Å². The summed E-state index contributed by atoms with van der Waals surface area (Å²) in [6.07, 6.45) is 0.586. The molecule has 0 bridgehead atoms. The van der Waals surface area contributed by atoms with Gasteiger partial charge in [-0.2, -0.15) is 0 Å². The fourth-order valence-electron chi connectivity index (χ4n) is 4.36. The molecule has 36 heavy (non-hydrogen) atoms. The highest BCUT2D eigenvalue weighted by Gasteiger charge is 2.34. The largest absolute Gasteiger partial charge is 0.497 e. The van der Waals surface area contributed by atoms with Crippen molar-refractivity contribution in [1.82, 2.24) is 10.2 Å². The number of nitrogens with zero attached hydrogens (tertiary/aromatic N) is 1. The van der Waals surface area contributed by atoms with Crippen molar-refractivity contribution in [1.29, 1.82) is 0 Å². The lowest BCUT2D eigenvalue weighted by atomic mass is 9.95. The molecule has 0 spiro atoms. The second kappa shape index (κ2) is 10.7. The SMILES string of the molecule is COc1ccc(CN2Cc3sc(N)c(C(=O)OC(C)(C)C)c3CC2CNC(=O)c2ccccc2)cc1. The van der Waals surface area contributed by atoms with Crippen LogP contribution in [0.15, 0.2) is 54.6 Å². The zero-order valence-corrected chi connectivity index (χ0v) is 22.0. The third kappa shape index (κ3) is 6.06. The average Bonchev–Trinajstić information content (AvgIpc) is 3.16. The molecule has 1 unspecified atom stereocenters. The Labute approximate surface area is 216 Å². The van der Waals surface area contributed by atoms with E-state index in [9.17, 15) is 9.59 Å². The number of amides is 1. The van der Waals surface area contributed by atoms with Gasteiger partial charge < -0.3 is 20.5 Å². The predicted molar refractivity (Wildman–Crippen MR) is 142 cm³/mol. The van der Waals surface area contributed by atoms with E-state index in [0.29, 0.717) is 42.2 Å². The summed E-state index contributed by atoms with van der Waals surface area (Å²) < 4.78 is 10.9. The number of carbonyl (C=O) groups excluding carboxylic acids is 2. The van der Waals surface area contributed by atoms with Gasteiger partial charge in [0, 0.05) is 36.1 Å². The molecule has 3 N–H and O–H groups in total. The molecule has 1 aliphatic rings. The number of hydrogen-bond donors (Lipinski definition) is 2. The van der Waals surface area contributed by atoms with E-state index in [1.54, 1.807) is 19.2 Å². The van der Waals surface area contributed by atoms with Crippen molar-refractivity contribution in [2.24, 2.45) is 0 Å². The van der Waals surface area contributed by atoms with Gasteiger partial charge in [-0.05, 0) is 62.6 Å². The number of nitrogens with two attached hydrogens (primary N) is 1. The van der Waals surface area contributed by atoms with Crippen molar-refractivity contribution < 1.29 is 19.1 Å². The summed E-state index contributed by atoms with van der Waals surface area (Å²) in [5.41, 5.74) is 8.86. The molecule has 2 aromatic carbocycles. The summed E-state index contributed by atoms with van der Waals surface area (Å²) in [4.78, 5) is 29.2. The van der Waals surface area contributed by atoms with Crippen molar-refractivity contribution in [3.8, 4) is 5.75 Å². The topological polar surface area (TPSA) is 93.9 Å². The molecule has 3 aromatic rings. The maximum atomic E-state index is 13.0. The third-order valence-electron chi connectivity index (χ3n) is 6.10. The molecular weight excluding hydrogens is 474 g/mol. The molecule has 1 amide bonds. The van der Waals surface area contributed by atoms with Gasteiger partial charge in [-0.25, -0.2) is 4.79 Å². The van der Waals surface area contributed by atoms with Crippen LogP contribution >= 0.6 is 11.3 Å². The van der Waals surface area contributed by atoms with Crippen LogP contribution in [0.1, 0.15) is 57.5 Å². The van der Waals surface area contributed by atoms with Crippen LogP contribution in [-0.2, 0) is 24.2 Å². The van der Waals surface area contributed by atoms with Crippen LogP contribution in [-0.4, -0.2) is 42.1 Å². The van der Waals surface area contributed by atoms with E-state index in [4.69, 9.17) is 15.2 Å². The molecule has 0 saturated carbocycles. The maximum Gasteiger partial charge on any atom is 0.341 e. The third-order valence-corrected chi connectivity index (χ3v) is 7.15. The van der Waals surface area contributed by atoms with Gasteiger partial charge in [0.15, 0.2) is 0 Å². The summed E-state index contributed by atoms with van der Waals surface area (Å²) >= 11 is 1.44. The van der Waals surface area contributed by atoms with Gasteiger partial charge in [-0.1, -0.05) is 30.3 Å². The molecule has 8 heteroatoms. The van der Waals surface area contributed by atoms with Crippen molar-refractivity contribution in [3.05, 3.63) is 81.7 Å². The van der Waals surface area contributed by atoms with Crippen LogP contribution in [0.4, 0.5) is 5.00 Å². The lowest BCUT2D eigenvalue weighted by Gasteiger charge is -2.36. The maximum absolute atomic E-state index is 13.0. The molecule has 0 saturated heterocycles. The Morgan fingerprint density at radius 3 is 2.44 bits per heavy atom. The summed E-state index contributed by atoms with van der Waals surface area (Å²) in [5.74, 6) is 0.288. The Hall–Kier alpha value is -3.36. The second-order valence-corrected chi connectivity index (χ2v) is 11.1. The molecule has 1 aliphatic heterocycles. The summed E-state index contributed by atoms with van der Waals surface area (Å²) in [6.45, 7) is 7.29. The number of benzene rings is 2. The number of carbonyl (C=O) groups is 2. The lowest BCUT2D eigenvalue weighted by Crippen LogP contribution is -2.47. The van der Waals surface area contributed by atoms with Gasteiger partial charge in [-0.3, -0.25) is 9.69 Å². The highest BCUT2D eigenvalue weighted by molar-refractivity contribution is 7.16. The molecule has 0 radical (unpaired) electrons. The molecule has 4 rings (SSSR count). The first-order valence-corrected chi connectivity index (χ1v) is 12.8. The number of hydrogen-bond acceptors (Lipinski definition) is 7. The van der Waals surface area contributed by atoms with E-state index < -0.39 is 11.6 Å². The zero-order valence-electron chi connectivity index (χ0n) is 21.2. The highest BCUT2D eigenvalue weighted by Crippen LogP contribution is 2.38. The summed E-state index contributed by atoms with van der Waals surface area (Å²) in [7, 11) is 1.65. The lowest BCUT2D eigenvalue weighted by molar-refractivity contribution is 0.00686. The molecule has 0 fully saturated rings. The Balaban J connectivity index is 1.59. The fraction of sp³-hybridized carbons (Fsp3) is 0.357. The van der Waals surface area contributed by atoms with E-state index in [2.05, 4.69) is 10.2 Å². The van der Waals surface area contributed by atoms with Gasteiger partial charge in [-0.15, -0.1) is 11.3 Å². The van der Waals surface area contributed by atoms with Crippen molar-refractivity contribution >= 4 is 28.2 Å². The smallest absolute Gasteiger partial charge is 0.341 e. The van der Waals surface area contributed by atoms with Crippen LogP contribution in [0.5, 0.6) is 5.75 Å². The Kier molecular flexibility index (Phi) is 7.66. The first kappa shape index (κ1) is 25.7. The van der Waals surface area contributed by atoms with Gasteiger partial charge in [0.25, 0.3) is 5.91 Å². The molecule has 1 atom stereocenters. The monoisotopic (exact) mass is 507 g/mol. The first-order valence-electron chi connectivity index (χ1n) is 12.0. The zero-order chi connectivity index (χ0) is 25.9. The minimum absolute atomic E-state index is 0.0255. The predicted octanol–water partition coefficient (Wildman–Crippen LogP) is 4.65. The highest BCUT2D eigenvalue weighted by atomic mass is 32.1. The van der Waals surface area contributed by atoms with Crippen molar-refractivity contribution in [3.63, 3.8) is 0 Å². The quantitative estimate of drug-likeness (QED) is 0.452. The molecule has 190 valence electrons. The van der Waals surface area contributed by atoms with Gasteiger partial charge in [0.1, 0.15) is 16.4 Å². The van der Waals surface area contributed by atoms with Crippen LogP contribution in [0.3, 0.4) is 0 Å². The van der Waals surface area contributed by atoms with E-state index in [1.165, 1.54) is 11.3 Å². The van der Waals surface area contributed by atoms with Crippen molar-refractivity contribution in [2.45, 2.75) is 51.9 Å². The Morgan fingerprint density at radius 1 is 1.11 bits per heavy atom. The van der Waals surface area contributed by atoms with Crippen LogP contribution in [0.25, 0.3) is 0 Å². The molecular formula is C28H33N3O4S. The van der Waals surface area contributed by atoms with Crippen LogP contribution in [0, 0.1) is 0 Å². The Morgan fingerprint density at radius 2 is 1.81 bits per heavy atom. The standard InChI is InChI=1S/C28H33N3O4S/c1-28(2,3)35-27(33)24-22-14-20(15-30-26(32)19-8-6-5-7-9-19)31(17-23(22)36-25(24)29)16-18-10-12-21(34-4)13-11-18/h5-13,20H,14-17,29H2,1-4H3,(H,30,32). The van der Waals surface area contributed by atoms with E-state index in [-0.39, 0.29) is 11.9 Å². The van der Waals surface area contributed by atoms with Crippen molar-refractivity contribution in [2.75, 3.05) is 19.4 Å². The number of methoxy groups -OCH3 is 1. The number of ether oxygens (including phenoxy) is 2. The first-order chi connectivity index (χ1) is 17.1. The second-order valence-electron chi connectivity index (χ2n) is 9.93. The molecule has 1 aromatic heterocycles. The number of thiophene rings is 1. The molecule has 2 heterocycles. The van der Waals surface area contributed by atoms with Crippen LogP contribution in [0.2, 0.25) is 0 Å². The molecule has 0 aliphatic carbocycles.